The molecule has 3 rings (SSSR count). The molecule has 1 unspecified atom stereocenters. The number of hydrogen-bond donors (Lipinski definition) is 1. The van der Waals surface area contributed by atoms with Gasteiger partial charge in [-0.05, 0) is 35.6 Å². The van der Waals surface area contributed by atoms with Gasteiger partial charge >= 0.3 is 0 Å². The zero-order valence-corrected chi connectivity index (χ0v) is 18.0. The van der Waals surface area contributed by atoms with Gasteiger partial charge in [-0.25, -0.2) is 0 Å². The van der Waals surface area contributed by atoms with Crippen molar-refractivity contribution in [3.63, 3.8) is 0 Å². The molecule has 0 saturated heterocycles. The molecule has 1 atom stereocenters. The van der Waals surface area contributed by atoms with Crippen molar-refractivity contribution in [3.05, 3.63) is 72.1 Å². The van der Waals surface area contributed by atoms with Crippen molar-refractivity contribution in [2.24, 2.45) is 0 Å². The molecule has 0 fully saturated rings. The van der Waals surface area contributed by atoms with E-state index in [0.29, 0.717) is 29.3 Å². The second-order valence-corrected chi connectivity index (χ2v) is 8.28. The molecule has 0 bridgehead atoms. The van der Waals surface area contributed by atoms with Crippen molar-refractivity contribution >= 4 is 17.7 Å². The second kappa shape index (κ2) is 10.3. The molecule has 5 nitrogen and oxygen atoms in total. The Labute approximate surface area is 176 Å². The van der Waals surface area contributed by atoms with Crippen molar-refractivity contribution < 1.29 is 4.79 Å². The van der Waals surface area contributed by atoms with E-state index in [0.717, 1.165) is 12.1 Å². The van der Waals surface area contributed by atoms with Crippen LogP contribution in [0.5, 0.6) is 0 Å². The van der Waals surface area contributed by atoms with Gasteiger partial charge in [-0.1, -0.05) is 75.0 Å². The fourth-order valence-electron chi connectivity index (χ4n) is 3.16. The Morgan fingerprint density at radius 1 is 1.07 bits per heavy atom. The molecule has 6 heteroatoms. The van der Waals surface area contributed by atoms with Crippen LogP contribution in [0.2, 0.25) is 0 Å². The van der Waals surface area contributed by atoms with Crippen LogP contribution in [0.25, 0.3) is 5.69 Å². The molecule has 0 aliphatic heterocycles. The molecule has 3 aromatic rings. The zero-order chi connectivity index (χ0) is 20.6. The molecule has 0 aliphatic carbocycles. The van der Waals surface area contributed by atoms with Crippen LogP contribution in [0.1, 0.15) is 50.2 Å². The van der Waals surface area contributed by atoms with Gasteiger partial charge in [0.05, 0.1) is 5.75 Å². The number of amides is 1. The van der Waals surface area contributed by atoms with Crippen molar-refractivity contribution in [1.82, 2.24) is 20.1 Å². The monoisotopic (exact) mass is 408 g/mol. The highest BCUT2D eigenvalue weighted by Crippen LogP contribution is 2.22. The molecule has 1 aromatic heterocycles. The van der Waals surface area contributed by atoms with Gasteiger partial charge in [-0.2, -0.15) is 0 Å². The maximum Gasteiger partial charge on any atom is 0.230 e. The predicted molar refractivity (Wildman–Crippen MR) is 119 cm³/mol. The highest BCUT2D eigenvalue weighted by atomic mass is 32.2. The standard InChI is InChI=1S/C23H28N4OS/c1-4-18(20-8-6-5-7-9-20)14-24-22(28)15-29-23-26-25-16-27(23)21-12-10-19(11-13-21)17(2)3/h5-13,16-18H,4,14-15H2,1-3H3,(H,24,28). The minimum Gasteiger partial charge on any atom is -0.355 e. The summed E-state index contributed by atoms with van der Waals surface area (Å²) < 4.78 is 1.92. The van der Waals surface area contributed by atoms with E-state index in [1.54, 1.807) is 6.33 Å². The quantitative estimate of drug-likeness (QED) is 0.517. The van der Waals surface area contributed by atoms with Crippen LogP contribution in [0.15, 0.2) is 66.1 Å². The molecule has 2 aromatic carbocycles. The lowest BCUT2D eigenvalue weighted by Gasteiger charge is -2.16. The van der Waals surface area contributed by atoms with Crippen LogP contribution in [0.3, 0.4) is 0 Å². The third kappa shape index (κ3) is 5.70. The smallest absolute Gasteiger partial charge is 0.230 e. The molecule has 1 amide bonds. The Balaban J connectivity index is 1.55. The normalized spacial score (nSPS) is 12.1. The first-order valence-corrected chi connectivity index (χ1v) is 11.0. The topological polar surface area (TPSA) is 59.8 Å². The number of benzene rings is 2. The third-order valence-electron chi connectivity index (χ3n) is 5.00. The Bertz CT molecular complexity index is 906. The molecule has 1 heterocycles. The molecule has 0 saturated carbocycles. The maximum atomic E-state index is 12.4. The minimum atomic E-state index is 0.00841. The molecular formula is C23H28N4OS. The van der Waals surface area contributed by atoms with Crippen molar-refractivity contribution in [2.75, 3.05) is 12.3 Å². The number of rotatable bonds is 9. The lowest BCUT2D eigenvalue weighted by atomic mass is 9.96. The molecule has 0 aliphatic rings. The van der Waals surface area contributed by atoms with E-state index >= 15 is 0 Å². The average molecular weight is 409 g/mol. The summed E-state index contributed by atoms with van der Waals surface area (Å²) in [5.41, 5.74) is 3.55. The summed E-state index contributed by atoms with van der Waals surface area (Å²) in [4.78, 5) is 12.4. The van der Waals surface area contributed by atoms with E-state index in [2.05, 4.69) is 72.7 Å². The van der Waals surface area contributed by atoms with Gasteiger partial charge in [0, 0.05) is 18.2 Å². The summed E-state index contributed by atoms with van der Waals surface area (Å²) in [6.07, 6.45) is 2.67. The Morgan fingerprint density at radius 2 is 1.79 bits per heavy atom. The number of thioether (sulfide) groups is 1. The molecule has 1 N–H and O–H groups in total. The fourth-order valence-corrected chi connectivity index (χ4v) is 3.92. The summed E-state index contributed by atoms with van der Waals surface area (Å²) in [6, 6.07) is 18.7. The Hall–Kier alpha value is -2.60. The molecule has 0 spiro atoms. The largest absolute Gasteiger partial charge is 0.355 e. The first-order valence-electron chi connectivity index (χ1n) is 10.0. The molecule has 29 heavy (non-hydrogen) atoms. The van der Waals surface area contributed by atoms with E-state index in [4.69, 9.17) is 0 Å². The average Bonchev–Trinajstić information content (AvgIpc) is 3.22. The van der Waals surface area contributed by atoms with Crippen LogP contribution < -0.4 is 5.32 Å². The van der Waals surface area contributed by atoms with Gasteiger partial charge in [-0.15, -0.1) is 10.2 Å². The van der Waals surface area contributed by atoms with Gasteiger partial charge in [0.15, 0.2) is 5.16 Å². The number of carbonyl (C=O) groups is 1. The summed E-state index contributed by atoms with van der Waals surface area (Å²) in [5.74, 6) is 1.14. The van der Waals surface area contributed by atoms with E-state index in [-0.39, 0.29) is 5.91 Å². The lowest BCUT2D eigenvalue weighted by Crippen LogP contribution is -2.29. The van der Waals surface area contributed by atoms with Crippen molar-refractivity contribution in [3.8, 4) is 5.69 Å². The van der Waals surface area contributed by atoms with Gasteiger partial charge < -0.3 is 5.32 Å². The van der Waals surface area contributed by atoms with Crippen molar-refractivity contribution in [1.29, 1.82) is 0 Å². The first-order chi connectivity index (χ1) is 14.1. The van der Waals surface area contributed by atoms with E-state index < -0.39 is 0 Å². The van der Waals surface area contributed by atoms with E-state index in [1.165, 1.54) is 22.9 Å². The van der Waals surface area contributed by atoms with Gasteiger partial charge in [-0.3, -0.25) is 9.36 Å². The van der Waals surface area contributed by atoms with Crippen molar-refractivity contribution in [2.45, 2.75) is 44.2 Å². The molecular weight excluding hydrogens is 380 g/mol. The van der Waals surface area contributed by atoms with Crippen LogP contribution in [-0.4, -0.2) is 33.0 Å². The predicted octanol–water partition coefficient (Wildman–Crippen LogP) is 4.79. The fraction of sp³-hybridized carbons (Fsp3) is 0.348. The third-order valence-corrected chi connectivity index (χ3v) is 5.94. The lowest BCUT2D eigenvalue weighted by molar-refractivity contribution is -0.118. The second-order valence-electron chi connectivity index (χ2n) is 7.34. The number of nitrogens with zero attached hydrogens (tertiary/aromatic N) is 3. The van der Waals surface area contributed by atoms with Gasteiger partial charge in [0.25, 0.3) is 0 Å². The van der Waals surface area contributed by atoms with E-state index in [9.17, 15) is 4.79 Å². The first kappa shape index (κ1) is 21.1. The number of hydrogen-bond acceptors (Lipinski definition) is 4. The van der Waals surface area contributed by atoms with Gasteiger partial charge in [0.1, 0.15) is 6.33 Å². The summed E-state index contributed by atoms with van der Waals surface area (Å²) in [5, 5.41) is 12.0. The number of nitrogens with one attached hydrogen (secondary N) is 1. The van der Waals surface area contributed by atoms with Crippen LogP contribution in [-0.2, 0) is 4.79 Å². The van der Waals surface area contributed by atoms with Gasteiger partial charge in [0.2, 0.25) is 5.91 Å². The molecule has 152 valence electrons. The SMILES string of the molecule is CCC(CNC(=O)CSc1nncn1-c1ccc(C(C)C)cc1)c1ccccc1. The summed E-state index contributed by atoms with van der Waals surface area (Å²) in [6.45, 7) is 7.14. The highest BCUT2D eigenvalue weighted by Gasteiger charge is 2.13. The minimum absolute atomic E-state index is 0.00841. The Morgan fingerprint density at radius 3 is 2.45 bits per heavy atom. The summed E-state index contributed by atoms with van der Waals surface area (Å²) in [7, 11) is 0. The Kier molecular flexibility index (Phi) is 7.47. The maximum absolute atomic E-state index is 12.4. The van der Waals surface area contributed by atoms with E-state index in [1.807, 2.05) is 22.8 Å². The van der Waals surface area contributed by atoms with Crippen LogP contribution in [0, 0.1) is 0 Å². The van der Waals surface area contributed by atoms with Crippen LogP contribution >= 0.6 is 11.8 Å². The van der Waals surface area contributed by atoms with Crippen LogP contribution in [0.4, 0.5) is 0 Å². The summed E-state index contributed by atoms with van der Waals surface area (Å²) >= 11 is 1.40. The molecule has 0 radical (unpaired) electrons. The zero-order valence-electron chi connectivity index (χ0n) is 17.2. The number of carbonyl (C=O) groups excluding carboxylic acids is 1. The number of aromatic nitrogens is 3. The highest BCUT2D eigenvalue weighted by molar-refractivity contribution is 7.99.